The molecule has 6 nitrogen and oxygen atoms in total. The van der Waals surface area contributed by atoms with Gasteiger partial charge in [-0.3, -0.25) is 4.79 Å². The molecule has 0 unspecified atom stereocenters. The first-order chi connectivity index (χ1) is 12.4. The van der Waals surface area contributed by atoms with Crippen LogP contribution in [0.3, 0.4) is 0 Å². The second kappa shape index (κ2) is 7.18. The maximum Gasteiger partial charge on any atom is 0.249 e. The van der Waals surface area contributed by atoms with Gasteiger partial charge in [0, 0.05) is 11.3 Å². The lowest BCUT2D eigenvalue weighted by atomic mass is 10.1. The molecule has 0 fully saturated rings. The summed E-state index contributed by atoms with van der Waals surface area (Å²) in [6.45, 7) is 1.45. The highest BCUT2D eigenvalue weighted by atomic mass is 19.2. The molecular weight excluding hydrogens is 347 g/mol. The Hall–Kier alpha value is -3.49. The number of carbonyl (C=O) groups is 1. The van der Waals surface area contributed by atoms with Crippen molar-refractivity contribution in [3.8, 4) is 0 Å². The number of benzene rings is 2. The van der Waals surface area contributed by atoms with Gasteiger partial charge < -0.3 is 10.6 Å². The lowest BCUT2D eigenvalue weighted by Crippen LogP contribution is -2.05. The fourth-order valence-electron chi connectivity index (χ4n) is 2.12. The van der Waals surface area contributed by atoms with Crippen molar-refractivity contribution in [1.29, 1.82) is 0 Å². The van der Waals surface area contributed by atoms with Gasteiger partial charge >= 0.3 is 0 Å². The maximum absolute atomic E-state index is 13.7. The fraction of sp³-hybridized carbons (Fsp3) is 0.0588. The lowest BCUT2D eigenvalue weighted by molar-refractivity contribution is 0.101. The first-order valence-corrected chi connectivity index (χ1v) is 7.42. The standard InChI is InChI=1S/C17H12F3N5O/c1-9(26)10-3-2-4-11(7-10)22-14-8-21-25-17(24-14)23-13-6-5-12(18)15(19)16(13)20/h2-8H,1H3,(H2,22,23,24,25). The average molecular weight is 359 g/mol. The van der Waals surface area contributed by atoms with E-state index in [0.717, 1.165) is 12.1 Å². The number of nitrogens with zero attached hydrogens (tertiary/aromatic N) is 3. The smallest absolute Gasteiger partial charge is 0.249 e. The van der Waals surface area contributed by atoms with Crippen LogP contribution in [0.25, 0.3) is 0 Å². The molecule has 2 N–H and O–H groups in total. The summed E-state index contributed by atoms with van der Waals surface area (Å²) >= 11 is 0. The Labute approximate surface area is 146 Å². The van der Waals surface area contributed by atoms with Gasteiger partial charge in [-0.1, -0.05) is 12.1 Å². The Kier molecular flexibility index (Phi) is 4.78. The molecule has 0 radical (unpaired) electrons. The first kappa shape index (κ1) is 17.3. The van der Waals surface area contributed by atoms with Gasteiger partial charge in [0.1, 0.15) is 0 Å². The van der Waals surface area contributed by atoms with E-state index in [4.69, 9.17) is 0 Å². The van der Waals surface area contributed by atoms with Crippen molar-refractivity contribution < 1.29 is 18.0 Å². The summed E-state index contributed by atoms with van der Waals surface area (Å²) in [5.41, 5.74) is 0.767. The highest BCUT2D eigenvalue weighted by molar-refractivity contribution is 5.95. The largest absolute Gasteiger partial charge is 0.339 e. The topological polar surface area (TPSA) is 79.8 Å². The molecule has 9 heteroatoms. The number of hydrogen-bond acceptors (Lipinski definition) is 6. The van der Waals surface area contributed by atoms with Crippen LogP contribution in [0.15, 0.2) is 42.6 Å². The van der Waals surface area contributed by atoms with E-state index >= 15 is 0 Å². The molecule has 0 amide bonds. The number of ketones is 1. The predicted molar refractivity (Wildman–Crippen MR) is 89.2 cm³/mol. The van der Waals surface area contributed by atoms with Gasteiger partial charge in [0.2, 0.25) is 5.95 Å². The third-order valence-electron chi connectivity index (χ3n) is 3.38. The van der Waals surface area contributed by atoms with E-state index in [0.29, 0.717) is 11.3 Å². The molecule has 0 saturated heterocycles. The number of halogens is 3. The number of carbonyl (C=O) groups excluding carboxylic acids is 1. The van der Waals surface area contributed by atoms with Gasteiger partial charge in [-0.25, -0.2) is 13.2 Å². The molecule has 0 aliphatic carbocycles. The Balaban J connectivity index is 1.82. The molecule has 0 aliphatic rings. The zero-order valence-corrected chi connectivity index (χ0v) is 13.4. The number of hydrogen-bond donors (Lipinski definition) is 2. The van der Waals surface area contributed by atoms with Crippen LogP contribution in [0.1, 0.15) is 17.3 Å². The molecular formula is C17H12F3N5O. The predicted octanol–water partition coefficient (Wildman–Crippen LogP) is 3.98. The number of nitrogens with one attached hydrogen (secondary N) is 2. The van der Waals surface area contributed by atoms with E-state index in [9.17, 15) is 18.0 Å². The second-order valence-corrected chi connectivity index (χ2v) is 5.28. The van der Waals surface area contributed by atoms with Crippen LogP contribution in [0.5, 0.6) is 0 Å². The van der Waals surface area contributed by atoms with Gasteiger partial charge in [0.15, 0.2) is 29.1 Å². The molecule has 132 valence electrons. The molecule has 0 aliphatic heterocycles. The molecule has 1 heterocycles. The van der Waals surface area contributed by atoms with Crippen LogP contribution < -0.4 is 10.6 Å². The van der Waals surface area contributed by atoms with Crippen LogP contribution >= 0.6 is 0 Å². The summed E-state index contributed by atoms with van der Waals surface area (Å²) in [6, 6.07) is 8.52. The van der Waals surface area contributed by atoms with E-state index in [1.54, 1.807) is 24.3 Å². The van der Waals surface area contributed by atoms with Crippen molar-refractivity contribution >= 4 is 28.9 Å². The summed E-state index contributed by atoms with van der Waals surface area (Å²) in [5.74, 6) is -4.24. The minimum absolute atomic E-state index is 0.0920. The van der Waals surface area contributed by atoms with Gasteiger partial charge in [-0.2, -0.15) is 10.1 Å². The van der Waals surface area contributed by atoms with E-state index in [2.05, 4.69) is 25.8 Å². The zero-order chi connectivity index (χ0) is 18.7. The molecule has 26 heavy (non-hydrogen) atoms. The molecule has 0 saturated carbocycles. The van der Waals surface area contributed by atoms with Gasteiger partial charge in [0.25, 0.3) is 0 Å². The number of Topliss-reactive ketones (excluding diaryl/α,β-unsaturated/α-hetero) is 1. The molecule has 0 atom stereocenters. The van der Waals surface area contributed by atoms with Gasteiger partial charge in [0.05, 0.1) is 11.9 Å². The molecule has 2 aromatic carbocycles. The number of aromatic nitrogens is 3. The summed E-state index contributed by atoms with van der Waals surface area (Å²) in [6.07, 6.45) is 1.31. The minimum atomic E-state index is -1.60. The summed E-state index contributed by atoms with van der Waals surface area (Å²) in [7, 11) is 0. The Morgan fingerprint density at radius 2 is 1.85 bits per heavy atom. The molecule has 3 aromatic rings. The SMILES string of the molecule is CC(=O)c1cccc(Nc2cnnc(Nc3ccc(F)c(F)c3F)n2)c1. The average Bonchev–Trinajstić information content (AvgIpc) is 2.63. The third-order valence-corrected chi connectivity index (χ3v) is 3.38. The minimum Gasteiger partial charge on any atom is -0.339 e. The third kappa shape index (κ3) is 3.77. The van der Waals surface area contributed by atoms with Crippen LogP contribution in [0, 0.1) is 17.5 Å². The summed E-state index contributed by atoms with van der Waals surface area (Å²) in [4.78, 5) is 15.5. The van der Waals surface area contributed by atoms with E-state index < -0.39 is 17.5 Å². The summed E-state index contributed by atoms with van der Waals surface area (Å²) in [5, 5.41) is 12.7. The van der Waals surface area contributed by atoms with Crippen molar-refractivity contribution in [2.24, 2.45) is 0 Å². The van der Waals surface area contributed by atoms with Gasteiger partial charge in [-0.05, 0) is 31.2 Å². The normalized spacial score (nSPS) is 10.5. The van der Waals surface area contributed by atoms with Crippen LogP contribution in [0.4, 0.5) is 36.3 Å². The first-order valence-electron chi connectivity index (χ1n) is 7.42. The molecule has 0 spiro atoms. The monoisotopic (exact) mass is 359 g/mol. The fourth-order valence-corrected chi connectivity index (χ4v) is 2.12. The Morgan fingerprint density at radius 3 is 2.62 bits per heavy atom. The van der Waals surface area contributed by atoms with E-state index in [1.165, 1.54) is 13.1 Å². The summed E-state index contributed by atoms with van der Waals surface area (Å²) < 4.78 is 40.0. The van der Waals surface area contributed by atoms with Crippen LogP contribution in [0.2, 0.25) is 0 Å². The van der Waals surface area contributed by atoms with Crippen molar-refractivity contribution in [2.75, 3.05) is 10.6 Å². The van der Waals surface area contributed by atoms with Crippen molar-refractivity contribution in [1.82, 2.24) is 15.2 Å². The van der Waals surface area contributed by atoms with Crippen LogP contribution in [-0.4, -0.2) is 21.0 Å². The van der Waals surface area contributed by atoms with E-state index in [-0.39, 0.29) is 23.2 Å². The molecule has 3 rings (SSSR count). The lowest BCUT2D eigenvalue weighted by Gasteiger charge is -2.09. The van der Waals surface area contributed by atoms with Crippen molar-refractivity contribution in [3.63, 3.8) is 0 Å². The van der Waals surface area contributed by atoms with Gasteiger partial charge in [-0.15, -0.1) is 5.10 Å². The van der Waals surface area contributed by atoms with E-state index in [1.807, 2.05) is 0 Å². The van der Waals surface area contributed by atoms with Crippen LogP contribution in [-0.2, 0) is 0 Å². The second-order valence-electron chi connectivity index (χ2n) is 5.28. The van der Waals surface area contributed by atoms with Crippen molar-refractivity contribution in [3.05, 3.63) is 65.6 Å². The number of rotatable bonds is 5. The Morgan fingerprint density at radius 1 is 1.04 bits per heavy atom. The Bertz CT molecular complexity index is 980. The zero-order valence-electron chi connectivity index (χ0n) is 13.4. The maximum atomic E-state index is 13.7. The quantitative estimate of drug-likeness (QED) is 0.530. The highest BCUT2D eigenvalue weighted by Gasteiger charge is 2.14. The molecule has 0 bridgehead atoms. The highest BCUT2D eigenvalue weighted by Crippen LogP contribution is 2.23. The molecule has 1 aromatic heterocycles. The van der Waals surface area contributed by atoms with Crippen molar-refractivity contribution in [2.45, 2.75) is 6.92 Å². The number of anilines is 4.